The first kappa shape index (κ1) is 15.5. The summed E-state index contributed by atoms with van der Waals surface area (Å²) in [5, 5.41) is 2.37. The number of aromatic nitrogens is 2. The fraction of sp³-hybridized carbons (Fsp3) is 0.615. The molecule has 21 heavy (non-hydrogen) atoms. The van der Waals surface area contributed by atoms with Crippen LogP contribution in [0.1, 0.15) is 44.5 Å². The Morgan fingerprint density at radius 3 is 2.57 bits per heavy atom. The van der Waals surface area contributed by atoms with Crippen LogP contribution in [0.5, 0.6) is 0 Å². The molecule has 1 fully saturated rings. The lowest BCUT2D eigenvalue weighted by Crippen LogP contribution is -2.49. The third kappa shape index (κ3) is 2.93. The van der Waals surface area contributed by atoms with Gasteiger partial charge in [0.25, 0.3) is 0 Å². The van der Waals surface area contributed by atoms with Gasteiger partial charge in [-0.3, -0.25) is 4.79 Å². The van der Waals surface area contributed by atoms with E-state index in [0.29, 0.717) is 12.8 Å². The number of nitrogens with two attached hydrogens (primary N) is 1. The van der Waals surface area contributed by atoms with Gasteiger partial charge in [-0.1, -0.05) is 12.8 Å². The van der Waals surface area contributed by atoms with Crippen molar-refractivity contribution in [2.24, 2.45) is 5.41 Å². The molecule has 0 radical (unpaired) electrons. The summed E-state index contributed by atoms with van der Waals surface area (Å²) < 4.78 is 39.8. The van der Waals surface area contributed by atoms with E-state index in [1.807, 2.05) is 0 Å². The maximum absolute atomic E-state index is 13.3. The number of carbonyl (C=O) groups excluding carboxylic acids is 1. The molecule has 0 bridgehead atoms. The SMILES string of the molecule is C[C@H](NC(=O)C1(C(F)(F)F)CCCC1)c1nccc(N)n1. The molecule has 1 amide bonds. The van der Waals surface area contributed by atoms with E-state index >= 15 is 0 Å². The van der Waals surface area contributed by atoms with Crippen LogP contribution in [-0.4, -0.2) is 22.1 Å². The standard InChI is InChI=1S/C13H17F3N4O/c1-8(10-18-7-4-9(17)20-10)19-11(21)12(13(14,15)16)5-2-3-6-12/h4,7-8H,2-3,5-6H2,1H3,(H,19,21)(H2,17,18,20)/t8-/m0/s1. The molecule has 1 aliphatic carbocycles. The van der Waals surface area contributed by atoms with E-state index in [-0.39, 0.29) is 24.5 Å². The van der Waals surface area contributed by atoms with Crippen molar-refractivity contribution in [2.45, 2.75) is 44.8 Å². The average molecular weight is 302 g/mol. The molecule has 0 aromatic carbocycles. The normalized spacial score (nSPS) is 19.2. The summed E-state index contributed by atoms with van der Waals surface area (Å²) in [6.07, 6.45) is -2.70. The summed E-state index contributed by atoms with van der Waals surface area (Å²) in [5.41, 5.74) is 3.21. The van der Waals surface area contributed by atoms with Gasteiger partial charge in [-0.2, -0.15) is 13.2 Å². The topological polar surface area (TPSA) is 80.9 Å². The van der Waals surface area contributed by atoms with Gasteiger partial charge in [-0.25, -0.2) is 9.97 Å². The van der Waals surface area contributed by atoms with Gasteiger partial charge in [0, 0.05) is 6.20 Å². The van der Waals surface area contributed by atoms with Crippen LogP contribution in [0.3, 0.4) is 0 Å². The molecule has 1 heterocycles. The Morgan fingerprint density at radius 1 is 1.43 bits per heavy atom. The molecule has 2 rings (SSSR count). The van der Waals surface area contributed by atoms with Crippen LogP contribution in [0.15, 0.2) is 12.3 Å². The third-order valence-corrected chi connectivity index (χ3v) is 3.87. The fourth-order valence-corrected chi connectivity index (χ4v) is 2.61. The van der Waals surface area contributed by atoms with Crippen LogP contribution in [0.25, 0.3) is 0 Å². The summed E-state index contributed by atoms with van der Waals surface area (Å²) >= 11 is 0. The Bertz CT molecular complexity index is 526. The summed E-state index contributed by atoms with van der Waals surface area (Å²) in [4.78, 5) is 20.0. The number of nitrogens with one attached hydrogen (secondary N) is 1. The van der Waals surface area contributed by atoms with Crippen LogP contribution in [0, 0.1) is 5.41 Å². The van der Waals surface area contributed by atoms with Crippen LogP contribution in [0.4, 0.5) is 19.0 Å². The zero-order valence-electron chi connectivity index (χ0n) is 11.6. The quantitative estimate of drug-likeness (QED) is 0.898. The van der Waals surface area contributed by atoms with Crippen molar-refractivity contribution in [2.75, 3.05) is 5.73 Å². The average Bonchev–Trinajstić information content (AvgIpc) is 2.88. The summed E-state index contributed by atoms with van der Waals surface area (Å²) in [5.74, 6) is -0.614. The van der Waals surface area contributed by atoms with Crippen molar-refractivity contribution in [1.82, 2.24) is 15.3 Å². The zero-order chi connectivity index (χ0) is 15.7. The van der Waals surface area contributed by atoms with Gasteiger partial charge in [0.2, 0.25) is 5.91 Å². The number of halogens is 3. The molecule has 5 nitrogen and oxygen atoms in total. The number of hydrogen-bond acceptors (Lipinski definition) is 4. The van der Waals surface area contributed by atoms with Crippen molar-refractivity contribution in [3.8, 4) is 0 Å². The van der Waals surface area contributed by atoms with Gasteiger partial charge < -0.3 is 11.1 Å². The fourth-order valence-electron chi connectivity index (χ4n) is 2.61. The van der Waals surface area contributed by atoms with E-state index in [4.69, 9.17) is 5.73 Å². The second-order valence-corrected chi connectivity index (χ2v) is 5.32. The van der Waals surface area contributed by atoms with E-state index in [0.717, 1.165) is 0 Å². The molecule has 1 atom stereocenters. The molecule has 1 aromatic rings. The van der Waals surface area contributed by atoms with Gasteiger partial charge in [0.15, 0.2) is 5.82 Å². The van der Waals surface area contributed by atoms with Gasteiger partial charge in [0.05, 0.1) is 6.04 Å². The first-order valence-corrected chi connectivity index (χ1v) is 6.72. The van der Waals surface area contributed by atoms with Crippen LogP contribution >= 0.6 is 0 Å². The van der Waals surface area contributed by atoms with E-state index in [2.05, 4.69) is 15.3 Å². The minimum absolute atomic E-state index is 0.174. The third-order valence-electron chi connectivity index (χ3n) is 3.87. The van der Waals surface area contributed by atoms with Crippen molar-refractivity contribution in [3.63, 3.8) is 0 Å². The Kier molecular flexibility index (Phi) is 4.06. The maximum atomic E-state index is 13.3. The molecule has 1 aliphatic rings. The highest BCUT2D eigenvalue weighted by molar-refractivity contribution is 5.84. The number of carbonyl (C=O) groups is 1. The molecule has 0 unspecified atom stereocenters. The molecule has 8 heteroatoms. The number of amides is 1. The summed E-state index contributed by atoms with van der Waals surface area (Å²) in [6, 6.07) is 0.729. The second kappa shape index (κ2) is 5.50. The monoisotopic (exact) mass is 302 g/mol. The van der Waals surface area contributed by atoms with Crippen molar-refractivity contribution in [3.05, 3.63) is 18.1 Å². The van der Waals surface area contributed by atoms with Crippen LogP contribution in [-0.2, 0) is 4.79 Å². The van der Waals surface area contributed by atoms with Gasteiger partial charge >= 0.3 is 6.18 Å². The lowest BCUT2D eigenvalue weighted by molar-refractivity contribution is -0.220. The van der Waals surface area contributed by atoms with Crippen LogP contribution < -0.4 is 11.1 Å². The molecular weight excluding hydrogens is 285 g/mol. The molecular formula is C13H17F3N4O. The van der Waals surface area contributed by atoms with Gasteiger partial charge in [0.1, 0.15) is 11.2 Å². The minimum Gasteiger partial charge on any atom is -0.384 e. The Hall–Kier alpha value is -1.86. The first-order valence-electron chi connectivity index (χ1n) is 6.72. The van der Waals surface area contributed by atoms with E-state index in [1.54, 1.807) is 0 Å². The molecule has 0 aliphatic heterocycles. The smallest absolute Gasteiger partial charge is 0.384 e. The Labute approximate surface area is 120 Å². The lowest BCUT2D eigenvalue weighted by Gasteiger charge is -2.31. The molecule has 0 saturated heterocycles. The molecule has 3 N–H and O–H groups in total. The highest BCUT2D eigenvalue weighted by atomic mass is 19.4. The minimum atomic E-state index is -4.55. The van der Waals surface area contributed by atoms with E-state index in [1.165, 1.54) is 19.2 Å². The summed E-state index contributed by atoms with van der Waals surface area (Å²) in [6.45, 7) is 1.53. The zero-order valence-corrected chi connectivity index (χ0v) is 11.6. The maximum Gasteiger partial charge on any atom is 0.403 e. The van der Waals surface area contributed by atoms with Crippen molar-refractivity contribution in [1.29, 1.82) is 0 Å². The number of anilines is 1. The van der Waals surface area contributed by atoms with Crippen molar-refractivity contribution < 1.29 is 18.0 Å². The summed E-state index contributed by atoms with van der Waals surface area (Å²) in [7, 11) is 0. The highest BCUT2D eigenvalue weighted by Crippen LogP contribution is 2.50. The van der Waals surface area contributed by atoms with Gasteiger partial charge in [-0.05, 0) is 25.8 Å². The second-order valence-electron chi connectivity index (χ2n) is 5.32. The van der Waals surface area contributed by atoms with Gasteiger partial charge in [-0.15, -0.1) is 0 Å². The van der Waals surface area contributed by atoms with Crippen molar-refractivity contribution >= 4 is 11.7 Å². The van der Waals surface area contributed by atoms with E-state index in [9.17, 15) is 18.0 Å². The largest absolute Gasteiger partial charge is 0.403 e. The highest BCUT2D eigenvalue weighted by Gasteiger charge is 2.61. The Morgan fingerprint density at radius 2 is 2.05 bits per heavy atom. The molecule has 116 valence electrons. The molecule has 1 saturated carbocycles. The van der Waals surface area contributed by atoms with E-state index < -0.39 is 23.5 Å². The molecule has 0 spiro atoms. The molecule has 1 aromatic heterocycles. The predicted octanol–water partition coefficient (Wildman–Crippen LogP) is 2.36. The number of alkyl halides is 3. The number of hydrogen-bond donors (Lipinski definition) is 2. The lowest BCUT2D eigenvalue weighted by atomic mass is 9.84. The number of nitrogen functional groups attached to an aromatic ring is 1. The first-order chi connectivity index (χ1) is 9.76. The number of rotatable bonds is 3. The number of nitrogens with zero attached hydrogens (tertiary/aromatic N) is 2. The Balaban J connectivity index is 2.16. The predicted molar refractivity (Wildman–Crippen MR) is 70.0 cm³/mol. The van der Waals surface area contributed by atoms with Crippen LogP contribution in [0.2, 0.25) is 0 Å².